The number of halogens is 4. The molecule has 0 fully saturated rings. The van der Waals surface area contributed by atoms with Crippen LogP contribution in [0.2, 0.25) is 0 Å². The van der Waals surface area contributed by atoms with Crippen molar-refractivity contribution in [2.24, 2.45) is 16.5 Å². The highest BCUT2D eigenvalue weighted by atomic mass is 79.9. The van der Waals surface area contributed by atoms with Crippen molar-refractivity contribution in [3.8, 4) is 0 Å². The van der Waals surface area contributed by atoms with Crippen LogP contribution in [0.4, 0.5) is 13.2 Å². The molecule has 2 rings (SSSR count). The third-order valence-corrected chi connectivity index (χ3v) is 5.13. The van der Waals surface area contributed by atoms with Gasteiger partial charge in [0.2, 0.25) is 0 Å². The lowest BCUT2D eigenvalue weighted by Crippen LogP contribution is -2.43. The molecular formula is C21H23BrF3N5O6. The van der Waals surface area contributed by atoms with Crippen LogP contribution in [0.1, 0.15) is 28.8 Å². The van der Waals surface area contributed by atoms with Crippen LogP contribution in [-0.2, 0) is 16.1 Å². The molecule has 196 valence electrons. The maximum absolute atomic E-state index is 12.7. The summed E-state index contributed by atoms with van der Waals surface area (Å²) in [5.41, 5.74) is 10.7. The molecule has 0 unspecified atom stereocenters. The van der Waals surface area contributed by atoms with Gasteiger partial charge in [0.05, 0.1) is 6.54 Å². The number of carbonyl (C=O) groups is 3. The fraction of sp³-hybridized carbons (Fsp3) is 0.286. The van der Waals surface area contributed by atoms with Gasteiger partial charge in [-0.15, -0.1) is 0 Å². The molecule has 0 aliphatic rings. The number of benzene rings is 1. The summed E-state index contributed by atoms with van der Waals surface area (Å²) in [4.78, 5) is 49.3. The Morgan fingerprint density at radius 1 is 1.11 bits per heavy atom. The van der Waals surface area contributed by atoms with Gasteiger partial charge in [0.25, 0.3) is 11.5 Å². The van der Waals surface area contributed by atoms with Crippen LogP contribution in [0.25, 0.3) is 0 Å². The van der Waals surface area contributed by atoms with Crippen molar-refractivity contribution in [3.63, 3.8) is 0 Å². The molecule has 0 aliphatic heterocycles. The Kier molecular flexibility index (Phi) is 11.6. The monoisotopic (exact) mass is 577 g/mol. The molecule has 1 aromatic carbocycles. The van der Waals surface area contributed by atoms with Gasteiger partial charge < -0.3 is 31.6 Å². The number of carboxylic acids is 2. The third kappa shape index (κ3) is 10.2. The molecule has 0 spiro atoms. The predicted octanol–water partition coefficient (Wildman–Crippen LogP) is 1.53. The van der Waals surface area contributed by atoms with Crippen molar-refractivity contribution < 1.29 is 37.8 Å². The SMILES string of the molecule is NC(N)=NCCC[C@H](NC(=O)c1cccn(Cc2ccccc2Br)c1=O)C(=O)O.O=C(O)C(F)(F)F. The topological polar surface area (TPSA) is 190 Å². The molecule has 1 aromatic heterocycles. The van der Waals surface area contributed by atoms with Crippen molar-refractivity contribution in [2.75, 3.05) is 6.54 Å². The number of nitrogens with one attached hydrogen (secondary N) is 1. The van der Waals surface area contributed by atoms with Crippen molar-refractivity contribution >= 4 is 39.7 Å². The van der Waals surface area contributed by atoms with Crippen LogP contribution in [-0.4, -0.2) is 57.3 Å². The summed E-state index contributed by atoms with van der Waals surface area (Å²) in [6.45, 7) is 0.508. The molecule has 2 aromatic rings. The second kappa shape index (κ2) is 13.9. The second-order valence-corrected chi connectivity index (χ2v) is 7.92. The first kappa shape index (κ1) is 30.2. The zero-order valence-electron chi connectivity index (χ0n) is 18.5. The van der Waals surface area contributed by atoms with Gasteiger partial charge in [-0.3, -0.25) is 14.6 Å². The van der Waals surface area contributed by atoms with Crippen LogP contribution in [0.5, 0.6) is 0 Å². The Morgan fingerprint density at radius 3 is 2.25 bits per heavy atom. The first-order valence-corrected chi connectivity index (χ1v) is 10.8. The summed E-state index contributed by atoms with van der Waals surface area (Å²) in [6.07, 6.45) is -3.03. The molecule has 0 saturated carbocycles. The van der Waals surface area contributed by atoms with Crippen LogP contribution >= 0.6 is 15.9 Å². The first-order valence-electron chi connectivity index (χ1n) is 10.1. The fourth-order valence-electron chi connectivity index (χ4n) is 2.64. The first-order chi connectivity index (χ1) is 16.7. The number of carbonyl (C=O) groups excluding carboxylic acids is 1. The number of alkyl halides is 3. The predicted molar refractivity (Wildman–Crippen MR) is 126 cm³/mol. The highest BCUT2D eigenvalue weighted by molar-refractivity contribution is 9.10. The highest BCUT2D eigenvalue weighted by Gasteiger charge is 2.38. The number of nitrogens with zero attached hydrogens (tertiary/aromatic N) is 2. The zero-order valence-corrected chi connectivity index (χ0v) is 20.1. The largest absolute Gasteiger partial charge is 0.490 e. The lowest BCUT2D eigenvalue weighted by molar-refractivity contribution is -0.192. The van der Waals surface area contributed by atoms with Crippen molar-refractivity contribution in [2.45, 2.75) is 31.6 Å². The Labute approximate surface area is 210 Å². The molecule has 7 N–H and O–H groups in total. The number of aliphatic carboxylic acids is 2. The number of guanidine groups is 1. The number of nitrogens with two attached hydrogens (primary N) is 2. The Morgan fingerprint density at radius 2 is 1.72 bits per heavy atom. The zero-order chi connectivity index (χ0) is 27.5. The number of hydrogen-bond acceptors (Lipinski definition) is 5. The number of hydrogen-bond donors (Lipinski definition) is 5. The molecular weight excluding hydrogens is 555 g/mol. The van der Waals surface area contributed by atoms with Crippen LogP contribution in [0.15, 0.2) is 56.9 Å². The summed E-state index contributed by atoms with van der Waals surface area (Å²) >= 11 is 3.43. The molecule has 36 heavy (non-hydrogen) atoms. The maximum Gasteiger partial charge on any atom is 0.490 e. The van der Waals surface area contributed by atoms with Gasteiger partial charge in [-0.05, 0) is 36.6 Å². The average Bonchev–Trinajstić information content (AvgIpc) is 2.78. The molecule has 0 aliphatic carbocycles. The lowest BCUT2D eigenvalue weighted by Gasteiger charge is -2.15. The Bertz CT molecular complexity index is 1170. The molecule has 1 amide bonds. The van der Waals surface area contributed by atoms with Gasteiger partial charge >= 0.3 is 18.1 Å². The molecule has 0 radical (unpaired) electrons. The van der Waals surface area contributed by atoms with E-state index in [-0.39, 0.29) is 31.0 Å². The van der Waals surface area contributed by atoms with Gasteiger partial charge in [0.15, 0.2) is 5.96 Å². The molecule has 1 heterocycles. The van der Waals surface area contributed by atoms with E-state index in [1.54, 1.807) is 12.3 Å². The van der Waals surface area contributed by atoms with Gasteiger partial charge in [0, 0.05) is 17.2 Å². The highest BCUT2D eigenvalue weighted by Crippen LogP contribution is 2.16. The van der Waals surface area contributed by atoms with E-state index in [9.17, 15) is 32.7 Å². The average molecular weight is 578 g/mol. The minimum atomic E-state index is -5.08. The number of amides is 1. The summed E-state index contributed by atoms with van der Waals surface area (Å²) in [7, 11) is 0. The third-order valence-electron chi connectivity index (χ3n) is 4.35. The van der Waals surface area contributed by atoms with Crippen molar-refractivity contribution in [1.29, 1.82) is 0 Å². The summed E-state index contributed by atoms with van der Waals surface area (Å²) in [5.74, 6) is -4.79. The van der Waals surface area contributed by atoms with Crippen LogP contribution in [0.3, 0.4) is 0 Å². The van der Waals surface area contributed by atoms with Gasteiger partial charge in [-0.1, -0.05) is 34.1 Å². The van der Waals surface area contributed by atoms with Crippen LogP contribution < -0.4 is 22.3 Å². The summed E-state index contributed by atoms with van der Waals surface area (Å²) in [5, 5.41) is 18.9. The van der Waals surface area contributed by atoms with E-state index in [4.69, 9.17) is 21.4 Å². The van der Waals surface area contributed by atoms with E-state index in [1.165, 1.54) is 10.6 Å². The second-order valence-electron chi connectivity index (χ2n) is 7.06. The Balaban J connectivity index is 0.000000809. The van der Waals surface area contributed by atoms with Gasteiger partial charge in [0.1, 0.15) is 11.6 Å². The number of aromatic nitrogens is 1. The maximum atomic E-state index is 12.7. The summed E-state index contributed by atoms with van der Waals surface area (Å²) < 4.78 is 34.0. The standard InChI is InChI=1S/C19H22BrN5O4.C2HF3O2/c20-14-7-2-1-5-12(14)11-25-10-4-6-13(17(25)27)16(26)24-15(18(28)29)8-3-9-23-19(21)22;3-2(4,5)1(6)7/h1-2,4-7,10,15H,3,8-9,11H2,(H,24,26)(H,28,29)(H4,21,22,23);(H,6,7)/t15-;/m0./s1. The number of aliphatic imine (C=N–C) groups is 1. The molecule has 0 saturated heterocycles. The minimum absolute atomic E-state index is 0.0872. The molecule has 11 nitrogen and oxygen atoms in total. The van der Waals surface area contributed by atoms with E-state index in [0.717, 1.165) is 10.0 Å². The lowest BCUT2D eigenvalue weighted by atomic mass is 10.1. The normalized spacial score (nSPS) is 11.4. The van der Waals surface area contributed by atoms with E-state index in [2.05, 4.69) is 26.2 Å². The van der Waals surface area contributed by atoms with Crippen molar-refractivity contribution in [1.82, 2.24) is 9.88 Å². The number of pyridine rings is 1. The molecule has 15 heteroatoms. The number of rotatable bonds is 9. The van der Waals surface area contributed by atoms with E-state index in [1.807, 2.05) is 24.3 Å². The quantitative estimate of drug-likeness (QED) is 0.168. The van der Waals surface area contributed by atoms with E-state index < -0.39 is 35.6 Å². The van der Waals surface area contributed by atoms with Gasteiger partial charge in [-0.25, -0.2) is 9.59 Å². The molecule has 0 bridgehead atoms. The van der Waals surface area contributed by atoms with E-state index in [0.29, 0.717) is 6.42 Å². The van der Waals surface area contributed by atoms with Gasteiger partial charge in [-0.2, -0.15) is 13.2 Å². The van der Waals surface area contributed by atoms with E-state index >= 15 is 0 Å². The minimum Gasteiger partial charge on any atom is -0.480 e. The summed E-state index contributed by atoms with van der Waals surface area (Å²) in [6, 6.07) is 9.21. The van der Waals surface area contributed by atoms with Crippen LogP contribution in [0, 0.1) is 0 Å². The fourth-order valence-corrected chi connectivity index (χ4v) is 3.05. The molecule has 1 atom stereocenters. The number of carboxylic acid groups (broad SMARTS) is 2. The van der Waals surface area contributed by atoms with Crippen molar-refractivity contribution in [3.05, 3.63) is 68.5 Å². The Hall–Kier alpha value is -3.88. The smallest absolute Gasteiger partial charge is 0.480 e.